The van der Waals surface area contributed by atoms with E-state index in [4.69, 9.17) is 10.00 Å². The molecular weight excluding hydrogens is 318 g/mol. The Kier molecular flexibility index (Phi) is 5.41. The normalized spacial score (nSPS) is 19.5. The van der Waals surface area contributed by atoms with Crippen molar-refractivity contribution in [3.05, 3.63) is 47.5 Å². The zero-order valence-corrected chi connectivity index (χ0v) is 14.2. The summed E-state index contributed by atoms with van der Waals surface area (Å²) in [7, 11) is 1.79. The van der Waals surface area contributed by atoms with Crippen LogP contribution in [0.4, 0.5) is 0 Å². The van der Waals surface area contributed by atoms with Gasteiger partial charge in [-0.15, -0.1) is 0 Å². The van der Waals surface area contributed by atoms with E-state index < -0.39 is 0 Å². The molecule has 2 heterocycles. The number of carbonyl (C=O) groups excluding carboxylic acids is 1. The summed E-state index contributed by atoms with van der Waals surface area (Å²) < 4.78 is 5.80. The summed E-state index contributed by atoms with van der Waals surface area (Å²) in [5, 5.41) is 15.7. The number of benzene rings is 1. The highest BCUT2D eigenvalue weighted by molar-refractivity contribution is 5.79. The van der Waals surface area contributed by atoms with Gasteiger partial charge in [-0.2, -0.15) is 10.4 Å². The Hall–Kier alpha value is -2.72. The molecule has 1 N–H and O–H groups in total. The molecular formula is C18H21N5O2. The van der Waals surface area contributed by atoms with Crippen molar-refractivity contribution >= 4 is 5.91 Å². The van der Waals surface area contributed by atoms with E-state index in [0.29, 0.717) is 19.6 Å². The molecule has 1 aliphatic heterocycles. The van der Waals surface area contributed by atoms with Crippen molar-refractivity contribution < 1.29 is 9.53 Å². The van der Waals surface area contributed by atoms with E-state index in [0.717, 1.165) is 23.4 Å². The first-order chi connectivity index (χ1) is 12.2. The zero-order chi connectivity index (χ0) is 17.6. The molecule has 0 bridgehead atoms. The quantitative estimate of drug-likeness (QED) is 0.859. The van der Waals surface area contributed by atoms with Crippen molar-refractivity contribution in [1.82, 2.24) is 20.1 Å². The lowest BCUT2D eigenvalue weighted by molar-refractivity contribution is -0.130. The van der Waals surface area contributed by atoms with Crippen molar-refractivity contribution in [2.45, 2.75) is 31.3 Å². The predicted octanol–water partition coefficient (Wildman–Crippen LogP) is 1.44. The maximum Gasteiger partial charge on any atom is 0.226 e. The number of amides is 1. The molecule has 1 amide bonds. The van der Waals surface area contributed by atoms with E-state index in [2.05, 4.69) is 21.3 Å². The molecule has 2 atom stereocenters. The van der Waals surface area contributed by atoms with Crippen LogP contribution in [0.2, 0.25) is 0 Å². The van der Waals surface area contributed by atoms with Gasteiger partial charge in [0.15, 0.2) is 0 Å². The summed E-state index contributed by atoms with van der Waals surface area (Å²) in [5.41, 5.74) is 1.81. The number of nitrogens with zero attached hydrogens (tertiary/aromatic N) is 4. The van der Waals surface area contributed by atoms with Crippen molar-refractivity contribution in [3.63, 3.8) is 0 Å². The van der Waals surface area contributed by atoms with Gasteiger partial charge >= 0.3 is 0 Å². The van der Waals surface area contributed by atoms with Crippen LogP contribution in [0.5, 0.6) is 0 Å². The van der Waals surface area contributed by atoms with Crippen LogP contribution in [0, 0.1) is 11.3 Å². The number of hydrogen-bond donors (Lipinski definition) is 1. The fourth-order valence-corrected chi connectivity index (χ4v) is 3.19. The topological polar surface area (TPSA) is 94.9 Å². The SMILES string of the molecule is CN(C[C@H]1OCC[C@H]1c1ncn[nH]1)C(=O)Cc1ccccc1CC#N. The van der Waals surface area contributed by atoms with E-state index in [-0.39, 0.29) is 24.3 Å². The minimum Gasteiger partial charge on any atom is -0.376 e. The number of aromatic nitrogens is 3. The van der Waals surface area contributed by atoms with Crippen LogP contribution in [0.25, 0.3) is 0 Å². The van der Waals surface area contributed by atoms with Gasteiger partial charge in [0.25, 0.3) is 0 Å². The molecule has 1 aromatic heterocycles. The van der Waals surface area contributed by atoms with Crippen LogP contribution in [-0.2, 0) is 22.4 Å². The molecule has 1 saturated heterocycles. The molecule has 2 aromatic rings. The van der Waals surface area contributed by atoms with E-state index >= 15 is 0 Å². The van der Waals surface area contributed by atoms with E-state index in [9.17, 15) is 4.79 Å². The predicted molar refractivity (Wildman–Crippen MR) is 90.6 cm³/mol. The maximum atomic E-state index is 12.6. The van der Waals surface area contributed by atoms with Gasteiger partial charge in [-0.3, -0.25) is 9.89 Å². The number of nitriles is 1. The summed E-state index contributed by atoms with van der Waals surface area (Å²) in [5.74, 6) is 0.948. The molecule has 0 unspecified atom stereocenters. The first-order valence-corrected chi connectivity index (χ1v) is 8.33. The van der Waals surface area contributed by atoms with Crippen molar-refractivity contribution in [3.8, 4) is 6.07 Å². The average molecular weight is 339 g/mol. The highest BCUT2D eigenvalue weighted by Gasteiger charge is 2.33. The number of ether oxygens (including phenoxy) is 1. The van der Waals surface area contributed by atoms with Crippen LogP contribution >= 0.6 is 0 Å². The third-order valence-corrected chi connectivity index (χ3v) is 4.60. The van der Waals surface area contributed by atoms with Gasteiger partial charge < -0.3 is 9.64 Å². The largest absolute Gasteiger partial charge is 0.376 e. The Morgan fingerprint density at radius 2 is 2.24 bits per heavy atom. The van der Waals surface area contributed by atoms with Gasteiger partial charge in [-0.25, -0.2) is 4.98 Å². The summed E-state index contributed by atoms with van der Waals surface area (Å²) >= 11 is 0. The minimum absolute atomic E-state index is 0.0113. The second kappa shape index (κ2) is 7.90. The number of aromatic amines is 1. The van der Waals surface area contributed by atoms with Crippen LogP contribution < -0.4 is 0 Å². The van der Waals surface area contributed by atoms with Crippen LogP contribution in [-0.4, -0.2) is 52.3 Å². The third kappa shape index (κ3) is 4.03. The van der Waals surface area contributed by atoms with Crippen LogP contribution in [0.1, 0.15) is 29.3 Å². The van der Waals surface area contributed by atoms with Crippen molar-refractivity contribution in [2.75, 3.05) is 20.2 Å². The molecule has 0 aliphatic carbocycles. The molecule has 0 spiro atoms. The molecule has 1 fully saturated rings. The standard InChI is InChI=1S/C18H21N5O2/c1-23(11-16-15(7-9-25-16)18-20-12-21-22-18)17(24)10-14-5-3-2-4-13(14)6-8-19/h2-5,12,15-16H,6-7,9-11H2,1H3,(H,20,21,22)/t15-,16-/m1/s1. The van der Waals surface area contributed by atoms with Crippen molar-refractivity contribution in [1.29, 1.82) is 5.26 Å². The second-order valence-electron chi connectivity index (χ2n) is 6.23. The van der Waals surface area contributed by atoms with Gasteiger partial charge in [0, 0.05) is 26.1 Å². The first-order valence-electron chi connectivity index (χ1n) is 8.33. The van der Waals surface area contributed by atoms with E-state index in [1.807, 2.05) is 24.3 Å². The summed E-state index contributed by atoms with van der Waals surface area (Å²) in [6.07, 6.45) is 2.87. The number of rotatable bonds is 6. The average Bonchev–Trinajstić information content (AvgIpc) is 3.28. The minimum atomic E-state index is -0.0868. The lowest BCUT2D eigenvalue weighted by Gasteiger charge is -2.24. The summed E-state index contributed by atoms with van der Waals surface area (Å²) in [6, 6.07) is 9.73. The fraction of sp³-hybridized carbons (Fsp3) is 0.444. The Bertz CT molecular complexity index is 753. The van der Waals surface area contributed by atoms with E-state index in [1.165, 1.54) is 6.33 Å². The maximum absolute atomic E-state index is 12.6. The highest BCUT2D eigenvalue weighted by atomic mass is 16.5. The number of nitrogens with one attached hydrogen (secondary N) is 1. The smallest absolute Gasteiger partial charge is 0.226 e. The highest BCUT2D eigenvalue weighted by Crippen LogP contribution is 2.29. The molecule has 0 radical (unpaired) electrons. The number of hydrogen-bond acceptors (Lipinski definition) is 5. The third-order valence-electron chi connectivity index (χ3n) is 4.60. The van der Waals surface area contributed by atoms with Gasteiger partial charge in [-0.1, -0.05) is 24.3 Å². The Morgan fingerprint density at radius 1 is 1.44 bits per heavy atom. The Labute approximate surface area is 146 Å². The van der Waals surface area contributed by atoms with Gasteiger partial charge in [0.2, 0.25) is 5.91 Å². The molecule has 0 saturated carbocycles. The molecule has 130 valence electrons. The summed E-state index contributed by atoms with van der Waals surface area (Å²) in [6.45, 7) is 1.16. The lowest BCUT2D eigenvalue weighted by Crippen LogP contribution is -2.37. The fourth-order valence-electron chi connectivity index (χ4n) is 3.19. The second-order valence-corrected chi connectivity index (χ2v) is 6.23. The van der Waals surface area contributed by atoms with Gasteiger partial charge in [0.05, 0.1) is 25.0 Å². The zero-order valence-electron chi connectivity index (χ0n) is 14.2. The molecule has 25 heavy (non-hydrogen) atoms. The molecule has 3 rings (SSSR count). The Balaban J connectivity index is 1.62. The van der Waals surface area contributed by atoms with Gasteiger partial charge in [-0.05, 0) is 17.5 Å². The Morgan fingerprint density at radius 3 is 2.96 bits per heavy atom. The monoisotopic (exact) mass is 339 g/mol. The van der Waals surface area contributed by atoms with Crippen molar-refractivity contribution in [2.24, 2.45) is 0 Å². The van der Waals surface area contributed by atoms with Crippen LogP contribution in [0.3, 0.4) is 0 Å². The van der Waals surface area contributed by atoms with E-state index in [1.54, 1.807) is 11.9 Å². The molecule has 7 nitrogen and oxygen atoms in total. The van der Waals surface area contributed by atoms with Crippen LogP contribution in [0.15, 0.2) is 30.6 Å². The lowest BCUT2D eigenvalue weighted by atomic mass is 9.99. The first kappa shape index (κ1) is 17.1. The molecule has 1 aromatic carbocycles. The number of likely N-dealkylation sites (N-methyl/N-ethyl adjacent to an activating group) is 1. The number of H-pyrrole nitrogens is 1. The summed E-state index contributed by atoms with van der Waals surface area (Å²) in [4.78, 5) is 18.5. The van der Waals surface area contributed by atoms with Gasteiger partial charge in [0.1, 0.15) is 12.2 Å². The number of carbonyl (C=O) groups is 1. The molecule has 1 aliphatic rings. The molecule has 7 heteroatoms.